The van der Waals surface area contributed by atoms with Gasteiger partial charge in [0.1, 0.15) is 0 Å². The molecule has 2 aromatic rings. The molecule has 1 heterocycles. The lowest BCUT2D eigenvalue weighted by Crippen LogP contribution is -2.35. The van der Waals surface area contributed by atoms with Gasteiger partial charge in [-0.15, -0.1) is 11.8 Å². The SMILES string of the molecule is Cc1ccc(NC(=O)CSC(C)C(=O)Nc2cccc(CN3CCOCC3)c2)cc1. The van der Waals surface area contributed by atoms with Crippen LogP contribution in [0.3, 0.4) is 0 Å². The Hall–Kier alpha value is -2.35. The van der Waals surface area contributed by atoms with Crippen LogP contribution in [0.2, 0.25) is 0 Å². The number of carbonyl (C=O) groups is 2. The Morgan fingerprint density at radius 3 is 2.53 bits per heavy atom. The molecule has 1 atom stereocenters. The van der Waals surface area contributed by atoms with E-state index in [-0.39, 0.29) is 22.8 Å². The molecule has 7 heteroatoms. The molecule has 0 bridgehead atoms. The van der Waals surface area contributed by atoms with Crippen LogP contribution in [-0.4, -0.2) is 54.0 Å². The van der Waals surface area contributed by atoms with E-state index in [2.05, 4.69) is 21.6 Å². The van der Waals surface area contributed by atoms with E-state index in [9.17, 15) is 9.59 Å². The number of ether oxygens (including phenoxy) is 1. The molecule has 6 nitrogen and oxygen atoms in total. The van der Waals surface area contributed by atoms with Crippen molar-refractivity contribution >= 4 is 35.0 Å². The zero-order chi connectivity index (χ0) is 21.3. The Bertz CT molecular complexity index is 851. The quantitative estimate of drug-likeness (QED) is 0.675. The van der Waals surface area contributed by atoms with Crippen LogP contribution in [0.15, 0.2) is 48.5 Å². The molecule has 2 N–H and O–H groups in total. The van der Waals surface area contributed by atoms with Crippen LogP contribution in [0.5, 0.6) is 0 Å². The molecule has 1 unspecified atom stereocenters. The third-order valence-corrected chi connectivity index (χ3v) is 6.02. The summed E-state index contributed by atoms with van der Waals surface area (Å²) in [6.45, 7) is 8.04. The first-order valence-corrected chi connectivity index (χ1v) is 11.2. The van der Waals surface area contributed by atoms with Gasteiger partial charge < -0.3 is 15.4 Å². The Morgan fingerprint density at radius 2 is 1.80 bits per heavy atom. The number of hydrogen-bond donors (Lipinski definition) is 2. The van der Waals surface area contributed by atoms with Gasteiger partial charge in [-0.2, -0.15) is 0 Å². The maximum atomic E-state index is 12.5. The van der Waals surface area contributed by atoms with Gasteiger partial charge in [0.25, 0.3) is 0 Å². The van der Waals surface area contributed by atoms with Crippen LogP contribution >= 0.6 is 11.8 Å². The first kappa shape index (κ1) is 22.3. The van der Waals surface area contributed by atoms with Gasteiger partial charge in [-0.25, -0.2) is 0 Å². The molecule has 1 saturated heterocycles. The highest BCUT2D eigenvalue weighted by atomic mass is 32.2. The van der Waals surface area contributed by atoms with E-state index in [0.717, 1.165) is 55.3 Å². The summed E-state index contributed by atoms with van der Waals surface area (Å²) < 4.78 is 5.39. The van der Waals surface area contributed by atoms with E-state index in [1.54, 1.807) is 0 Å². The van der Waals surface area contributed by atoms with Crippen LogP contribution in [0.25, 0.3) is 0 Å². The summed E-state index contributed by atoms with van der Waals surface area (Å²) in [5, 5.41) is 5.48. The molecule has 160 valence electrons. The van der Waals surface area contributed by atoms with Crippen LogP contribution < -0.4 is 10.6 Å². The average Bonchev–Trinajstić information content (AvgIpc) is 2.74. The number of nitrogens with zero attached hydrogens (tertiary/aromatic N) is 1. The van der Waals surface area contributed by atoms with Gasteiger partial charge in [0, 0.05) is 31.0 Å². The lowest BCUT2D eigenvalue weighted by atomic mass is 10.2. The van der Waals surface area contributed by atoms with E-state index in [0.29, 0.717) is 0 Å². The fourth-order valence-electron chi connectivity index (χ4n) is 3.12. The number of anilines is 2. The van der Waals surface area contributed by atoms with Crippen molar-refractivity contribution in [1.29, 1.82) is 0 Å². The lowest BCUT2D eigenvalue weighted by molar-refractivity contribution is -0.115. The van der Waals surface area contributed by atoms with E-state index in [1.807, 2.05) is 56.3 Å². The molecule has 30 heavy (non-hydrogen) atoms. The summed E-state index contributed by atoms with van der Waals surface area (Å²) in [4.78, 5) is 27.0. The van der Waals surface area contributed by atoms with Gasteiger partial charge >= 0.3 is 0 Å². The molecular weight excluding hydrogens is 398 g/mol. The second-order valence-electron chi connectivity index (χ2n) is 7.45. The van der Waals surface area contributed by atoms with Crippen molar-refractivity contribution < 1.29 is 14.3 Å². The van der Waals surface area contributed by atoms with Gasteiger partial charge in [0.05, 0.1) is 24.2 Å². The summed E-state index contributed by atoms with van der Waals surface area (Å²) in [7, 11) is 0. The Kier molecular flexibility index (Phi) is 8.30. The number of rotatable bonds is 8. The maximum Gasteiger partial charge on any atom is 0.237 e. The van der Waals surface area contributed by atoms with Crippen molar-refractivity contribution in [1.82, 2.24) is 4.90 Å². The topological polar surface area (TPSA) is 70.7 Å². The zero-order valence-corrected chi connectivity index (χ0v) is 18.3. The minimum absolute atomic E-state index is 0.105. The minimum Gasteiger partial charge on any atom is -0.379 e. The molecule has 1 aliphatic rings. The summed E-state index contributed by atoms with van der Waals surface area (Å²) in [6.07, 6.45) is 0. The second kappa shape index (κ2) is 11.2. The summed E-state index contributed by atoms with van der Waals surface area (Å²) in [5.41, 5.74) is 3.84. The number of benzene rings is 2. The van der Waals surface area contributed by atoms with Crippen molar-refractivity contribution in [2.75, 3.05) is 42.7 Å². The van der Waals surface area contributed by atoms with Crippen molar-refractivity contribution in [3.8, 4) is 0 Å². The van der Waals surface area contributed by atoms with E-state index in [1.165, 1.54) is 11.8 Å². The van der Waals surface area contributed by atoms with Crippen LogP contribution in [-0.2, 0) is 20.9 Å². The molecule has 0 spiro atoms. The number of morpholine rings is 1. The van der Waals surface area contributed by atoms with Crippen molar-refractivity contribution in [3.63, 3.8) is 0 Å². The Labute approximate surface area is 182 Å². The van der Waals surface area contributed by atoms with E-state index >= 15 is 0 Å². The summed E-state index contributed by atoms with van der Waals surface area (Å²) in [6, 6.07) is 15.6. The van der Waals surface area contributed by atoms with Crippen LogP contribution in [0, 0.1) is 6.92 Å². The minimum atomic E-state index is -0.336. The summed E-state index contributed by atoms with van der Waals surface area (Å²) in [5.74, 6) is 0.00201. The molecule has 1 fully saturated rings. The third kappa shape index (κ3) is 7.16. The van der Waals surface area contributed by atoms with Crippen LogP contribution in [0.1, 0.15) is 18.1 Å². The third-order valence-electron chi connectivity index (χ3n) is 4.87. The highest BCUT2D eigenvalue weighted by Crippen LogP contribution is 2.17. The largest absolute Gasteiger partial charge is 0.379 e. The predicted octanol–water partition coefficient (Wildman–Crippen LogP) is 3.53. The van der Waals surface area contributed by atoms with E-state index in [4.69, 9.17) is 4.74 Å². The van der Waals surface area contributed by atoms with Crippen molar-refractivity contribution in [3.05, 3.63) is 59.7 Å². The first-order valence-electron chi connectivity index (χ1n) is 10.2. The highest BCUT2D eigenvalue weighted by Gasteiger charge is 2.16. The number of hydrogen-bond acceptors (Lipinski definition) is 5. The molecule has 3 rings (SSSR count). The van der Waals surface area contributed by atoms with Gasteiger partial charge in [0.2, 0.25) is 11.8 Å². The molecule has 2 aromatic carbocycles. The monoisotopic (exact) mass is 427 g/mol. The van der Waals surface area contributed by atoms with Crippen molar-refractivity contribution in [2.24, 2.45) is 0 Å². The van der Waals surface area contributed by atoms with Gasteiger partial charge in [-0.3, -0.25) is 14.5 Å². The molecule has 0 saturated carbocycles. The maximum absolute atomic E-state index is 12.5. The standard InChI is InChI=1S/C23H29N3O3S/c1-17-6-8-20(9-7-17)24-22(27)16-30-18(2)23(28)25-21-5-3-4-19(14-21)15-26-10-12-29-13-11-26/h3-9,14,18H,10-13,15-16H2,1-2H3,(H,24,27)(H,25,28). The smallest absolute Gasteiger partial charge is 0.237 e. The molecule has 1 aliphatic heterocycles. The zero-order valence-electron chi connectivity index (χ0n) is 17.5. The predicted molar refractivity (Wildman–Crippen MR) is 123 cm³/mol. The van der Waals surface area contributed by atoms with E-state index < -0.39 is 0 Å². The number of nitrogens with one attached hydrogen (secondary N) is 2. The van der Waals surface area contributed by atoms with Gasteiger partial charge in [-0.05, 0) is 43.7 Å². The fraction of sp³-hybridized carbons (Fsp3) is 0.391. The number of aryl methyl sites for hydroxylation is 1. The lowest BCUT2D eigenvalue weighted by Gasteiger charge is -2.26. The average molecular weight is 428 g/mol. The summed E-state index contributed by atoms with van der Waals surface area (Å²) >= 11 is 1.32. The Morgan fingerprint density at radius 1 is 1.07 bits per heavy atom. The molecule has 0 aromatic heterocycles. The molecule has 0 aliphatic carbocycles. The fourth-order valence-corrected chi connectivity index (χ4v) is 3.80. The number of thioether (sulfide) groups is 1. The molecule has 2 amide bonds. The van der Waals surface area contributed by atoms with Gasteiger partial charge in [-0.1, -0.05) is 29.8 Å². The highest BCUT2D eigenvalue weighted by molar-refractivity contribution is 8.01. The first-order chi connectivity index (χ1) is 14.5. The normalized spacial score (nSPS) is 15.4. The molecule has 0 radical (unpaired) electrons. The Balaban J connectivity index is 1.44. The van der Waals surface area contributed by atoms with Crippen molar-refractivity contribution in [2.45, 2.75) is 25.6 Å². The van der Waals surface area contributed by atoms with Gasteiger partial charge in [0.15, 0.2) is 0 Å². The second-order valence-corrected chi connectivity index (χ2v) is 8.77. The molecular formula is C23H29N3O3S. The number of carbonyl (C=O) groups excluding carboxylic acids is 2. The van der Waals surface area contributed by atoms with Crippen LogP contribution in [0.4, 0.5) is 11.4 Å². The number of amides is 2.